The molecular weight excluding hydrogens is 262 g/mol. The van der Waals surface area contributed by atoms with Gasteiger partial charge in [-0.05, 0) is 13.5 Å². The molecule has 1 aromatic heterocycles. The van der Waals surface area contributed by atoms with E-state index < -0.39 is 0 Å². The van der Waals surface area contributed by atoms with E-state index >= 15 is 0 Å². The third kappa shape index (κ3) is 5.98. The van der Waals surface area contributed by atoms with E-state index in [0.717, 1.165) is 6.54 Å². The van der Waals surface area contributed by atoms with Gasteiger partial charge in [0.05, 0.1) is 12.6 Å². The van der Waals surface area contributed by atoms with Crippen LogP contribution in [0.2, 0.25) is 0 Å². The van der Waals surface area contributed by atoms with Crippen molar-refractivity contribution in [1.29, 1.82) is 0 Å². The summed E-state index contributed by atoms with van der Waals surface area (Å²) in [5.74, 6) is 0.481. The topological polar surface area (TPSA) is 101 Å². The Kier molecular flexibility index (Phi) is 7.59. The van der Waals surface area contributed by atoms with Crippen LogP contribution in [-0.4, -0.2) is 49.5 Å². The Morgan fingerprint density at radius 1 is 1.40 bits per heavy atom. The number of aromatic nitrogens is 2. The number of rotatable bonds is 10. The highest BCUT2D eigenvalue weighted by Crippen LogP contribution is 2.12. The molecule has 8 nitrogen and oxygen atoms in total. The molecule has 1 heterocycles. The maximum atomic E-state index is 11.4. The fraction of sp³-hybridized carbons (Fsp3) is 0.750. The number of amides is 1. The Morgan fingerprint density at radius 3 is 2.90 bits per heavy atom. The zero-order valence-electron chi connectivity index (χ0n) is 12.2. The Hall–Kier alpha value is -1.67. The van der Waals surface area contributed by atoms with Crippen molar-refractivity contribution in [2.75, 3.05) is 38.7 Å². The van der Waals surface area contributed by atoms with Crippen LogP contribution < -0.4 is 16.0 Å². The molecule has 0 saturated carbocycles. The quantitative estimate of drug-likeness (QED) is 0.532. The Labute approximate surface area is 118 Å². The van der Waals surface area contributed by atoms with E-state index in [9.17, 15) is 4.79 Å². The van der Waals surface area contributed by atoms with E-state index in [4.69, 9.17) is 9.15 Å². The van der Waals surface area contributed by atoms with Gasteiger partial charge in [0.15, 0.2) is 0 Å². The zero-order chi connectivity index (χ0) is 14.8. The number of ether oxygens (including phenoxy) is 1. The van der Waals surface area contributed by atoms with Gasteiger partial charge in [0.1, 0.15) is 0 Å². The lowest BCUT2D eigenvalue weighted by atomic mass is 10.3. The predicted molar refractivity (Wildman–Crippen MR) is 74.4 cm³/mol. The number of nitrogens with zero attached hydrogens (tertiary/aromatic N) is 2. The molecule has 1 aromatic rings. The van der Waals surface area contributed by atoms with E-state index in [2.05, 4.69) is 26.1 Å². The molecule has 114 valence electrons. The molecule has 1 atom stereocenters. The second-order valence-corrected chi connectivity index (χ2v) is 4.24. The number of nitrogens with one attached hydrogen (secondary N) is 3. The monoisotopic (exact) mass is 285 g/mol. The lowest BCUT2D eigenvalue weighted by molar-refractivity contribution is -0.121. The van der Waals surface area contributed by atoms with E-state index in [0.29, 0.717) is 38.0 Å². The average molecular weight is 285 g/mol. The molecule has 20 heavy (non-hydrogen) atoms. The summed E-state index contributed by atoms with van der Waals surface area (Å²) in [6.07, 6.45) is 0.337. The number of hydrogen-bond acceptors (Lipinski definition) is 7. The highest BCUT2D eigenvalue weighted by molar-refractivity contribution is 5.76. The maximum absolute atomic E-state index is 11.4. The first-order chi connectivity index (χ1) is 9.67. The smallest absolute Gasteiger partial charge is 0.315 e. The van der Waals surface area contributed by atoms with Crippen molar-refractivity contribution in [3.63, 3.8) is 0 Å². The Balaban J connectivity index is 2.23. The van der Waals surface area contributed by atoms with Crippen LogP contribution in [0.15, 0.2) is 4.42 Å². The minimum absolute atomic E-state index is 0.0143. The minimum Gasteiger partial charge on any atom is -0.406 e. The fourth-order valence-electron chi connectivity index (χ4n) is 1.54. The van der Waals surface area contributed by atoms with Crippen molar-refractivity contribution in [2.24, 2.45) is 0 Å². The van der Waals surface area contributed by atoms with Gasteiger partial charge in [-0.2, -0.15) is 0 Å². The summed E-state index contributed by atoms with van der Waals surface area (Å²) < 4.78 is 10.3. The van der Waals surface area contributed by atoms with Crippen molar-refractivity contribution in [2.45, 2.75) is 26.3 Å². The SMILES string of the molecule is CCNC(C)c1nnc(NCCC(=O)NCCOC)o1. The summed E-state index contributed by atoms with van der Waals surface area (Å²) in [6, 6.07) is 0.342. The first kappa shape index (κ1) is 16.4. The van der Waals surface area contributed by atoms with Gasteiger partial charge in [-0.25, -0.2) is 0 Å². The molecule has 0 bridgehead atoms. The molecule has 0 aliphatic rings. The van der Waals surface area contributed by atoms with Crippen LogP contribution in [0.25, 0.3) is 0 Å². The molecule has 1 amide bonds. The summed E-state index contributed by atoms with van der Waals surface area (Å²) in [6.45, 7) is 6.25. The van der Waals surface area contributed by atoms with Crippen molar-refractivity contribution < 1.29 is 13.9 Å². The van der Waals surface area contributed by atoms with Crippen LogP contribution >= 0.6 is 0 Å². The number of hydrogen-bond donors (Lipinski definition) is 3. The first-order valence-electron chi connectivity index (χ1n) is 6.73. The summed E-state index contributed by atoms with van der Waals surface area (Å²) in [4.78, 5) is 11.4. The maximum Gasteiger partial charge on any atom is 0.315 e. The van der Waals surface area contributed by atoms with E-state index in [1.54, 1.807) is 7.11 Å². The summed E-state index contributed by atoms with van der Waals surface area (Å²) in [5, 5.41) is 16.6. The van der Waals surface area contributed by atoms with E-state index in [1.165, 1.54) is 0 Å². The van der Waals surface area contributed by atoms with Crippen molar-refractivity contribution in [1.82, 2.24) is 20.8 Å². The van der Waals surface area contributed by atoms with E-state index in [-0.39, 0.29) is 11.9 Å². The molecule has 1 unspecified atom stereocenters. The van der Waals surface area contributed by atoms with Gasteiger partial charge in [0.25, 0.3) is 0 Å². The third-order valence-corrected chi connectivity index (χ3v) is 2.58. The highest BCUT2D eigenvalue weighted by Gasteiger charge is 2.12. The number of carbonyl (C=O) groups excluding carboxylic acids is 1. The first-order valence-corrected chi connectivity index (χ1v) is 6.73. The summed E-state index contributed by atoms with van der Waals surface area (Å²) in [7, 11) is 1.59. The average Bonchev–Trinajstić information content (AvgIpc) is 2.88. The summed E-state index contributed by atoms with van der Waals surface area (Å²) >= 11 is 0. The molecule has 0 fully saturated rings. The number of anilines is 1. The molecule has 3 N–H and O–H groups in total. The largest absolute Gasteiger partial charge is 0.406 e. The van der Waals surface area contributed by atoms with Gasteiger partial charge < -0.3 is 25.1 Å². The predicted octanol–water partition coefficient (Wildman–Crippen LogP) is 0.305. The number of methoxy groups -OCH3 is 1. The van der Waals surface area contributed by atoms with E-state index in [1.807, 2.05) is 13.8 Å². The molecule has 0 aliphatic carbocycles. The van der Waals surface area contributed by atoms with Crippen LogP contribution in [0.3, 0.4) is 0 Å². The molecule has 0 saturated heterocycles. The molecule has 0 spiro atoms. The molecular formula is C12H23N5O3. The Bertz CT molecular complexity index is 396. The lowest BCUT2D eigenvalue weighted by Gasteiger charge is -2.06. The van der Waals surface area contributed by atoms with Gasteiger partial charge in [0.2, 0.25) is 11.8 Å². The zero-order valence-corrected chi connectivity index (χ0v) is 12.2. The highest BCUT2D eigenvalue weighted by atomic mass is 16.5. The van der Waals surface area contributed by atoms with Crippen LogP contribution in [0.5, 0.6) is 0 Å². The van der Waals surface area contributed by atoms with Crippen LogP contribution in [0, 0.1) is 0 Å². The standard InChI is InChI=1S/C12H23N5O3/c1-4-13-9(2)11-16-17-12(20-11)15-6-5-10(18)14-7-8-19-3/h9,13H,4-8H2,1-3H3,(H,14,18)(H,15,17). The lowest BCUT2D eigenvalue weighted by Crippen LogP contribution is -2.28. The van der Waals surface area contributed by atoms with Crippen molar-refractivity contribution >= 4 is 11.9 Å². The van der Waals surface area contributed by atoms with Crippen LogP contribution in [0.1, 0.15) is 32.2 Å². The molecule has 0 aromatic carbocycles. The van der Waals surface area contributed by atoms with Gasteiger partial charge in [-0.1, -0.05) is 12.0 Å². The van der Waals surface area contributed by atoms with Gasteiger partial charge in [-0.15, -0.1) is 5.10 Å². The van der Waals surface area contributed by atoms with Crippen LogP contribution in [-0.2, 0) is 9.53 Å². The van der Waals surface area contributed by atoms with Crippen LogP contribution in [0.4, 0.5) is 6.01 Å². The van der Waals surface area contributed by atoms with Gasteiger partial charge in [-0.3, -0.25) is 4.79 Å². The van der Waals surface area contributed by atoms with Crippen molar-refractivity contribution in [3.05, 3.63) is 5.89 Å². The molecule has 8 heteroatoms. The second kappa shape index (κ2) is 9.27. The van der Waals surface area contributed by atoms with Gasteiger partial charge in [0, 0.05) is 26.6 Å². The second-order valence-electron chi connectivity index (χ2n) is 4.24. The van der Waals surface area contributed by atoms with Crippen molar-refractivity contribution in [3.8, 4) is 0 Å². The minimum atomic E-state index is -0.0460. The molecule has 1 rings (SSSR count). The Morgan fingerprint density at radius 2 is 2.20 bits per heavy atom. The molecule has 0 aliphatic heterocycles. The number of carbonyl (C=O) groups is 1. The normalized spacial score (nSPS) is 12.2. The summed E-state index contributed by atoms with van der Waals surface area (Å²) in [5.41, 5.74) is 0. The molecule has 0 radical (unpaired) electrons. The third-order valence-electron chi connectivity index (χ3n) is 2.58. The van der Waals surface area contributed by atoms with Gasteiger partial charge >= 0.3 is 6.01 Å². The fourth-order valence-corrected chi connectivity index (χ4v) is 1.54.